The number of nitrogens with zero attached hydrogens (tertiary/aromatic N) is 1. The molecule has 0 spiro atoms. The predicted octanol–water partition coefficient (Wildman–Crippen LogP) is 2.26. The van der Waals surface area contributed by atoms with Gasteiger partial charge in [0.2, 0.25) is 0 Å². The summed E-state index contributed by atoms with van der Waals surface area (Å²) in [4.78, 5) is 4.24. The molecule has 0 saturated heterocycles. The molecule has 0 saturated carbocycles. The molecule has 8 heteroatoms. The number of nitrogens with one attached hydrogen (secondary N) is 2. The van der Waals surface area contributed by atoms with Crippen LogP contribution in [-0.4, -0.2) is 19.9 Å². The summed E-state index contributed by atoms with van der Waals surface area (Å²) in [5.41, 5.74) is 0.782. The maximum absolute atomic E-state index is 12.3. The number of furan rings is 1. The second kappa shape index (κ2) is 5.94. The second-order valence-corrected chi connectivity index (χ2v) is 6.82. The van der Waals surface area contributed by atoms with Crippen LogP contribution in [0.5, 0.6) is 0 Å². The van der Waals surface area contributed by atoms with Crippen LogP contribution in [-0.2, 0) is 16.6 Å². The Hall–Kier alpha value is -1.38. The van der Waals surface area contributed by atoms with Crippen LogP contribution in [0.2, 0.25) is 0 Å². The monoisotopic (exact) mass is 315 g/mol. The zero-order valence-electron chi connectivity index (χ0n) is 11.6. The lowest BCUT2D eigenvalue weighted by Gasteiger charge is -2.02. The van der Waals surface area contributed by atoms with Gasteiger partial charge in [0.25, 0.3) is 10.0 Å². The van der Waals surface area contributed by atoms with Crippen LogP contribution in [0.1, 0.15) is 24.1 Å². The van der Waals surface area contributed by atoms with E-state index in [1.807, 2.05) is 13.8 Å². The number of sulfonamides is 1. The quantitative estimate of drug-likeness (QED) is 0.854. The smallest absolute Gasteiger partial charge is 0.267 e. The standard InChI is InChI=1S/C12H17N3O3S2/c1-4-13-6-10-5-11(9(3)18-10)20(16,17)15-12-14-8(2)7-19-12/h5,7,13H,4,6H2,1-3H3,(H,14,15). The first kappa shape index (κ1) is 15.0. The Morgan fingerprint density at radius 3 is 2.75 bits per heavy atom. The molecule has 0 aliphatic heterocycles. The van der Waals surface area contributed by atoms with Gasteiger partial charge < -0.3 is 9.73 Å². The van der Waals surface area contributed by atoms with Crippen molar-refractivity contribution < 1.29 is 12.8 Å². The molecule has 0 aliphatic rings. The molecule has 0 fully saturated rings. The van der Waals surface area contributed by atoms with Gasteiger partial charge in [0, 0.05) is 11.4 Å². The summed E-state index contributed by atoms with van der Waals surface area (Å²) < 4.78 is 32.5. The summed E-state index contributed by atoms with van der Waals surface area (Å²) >= 11 is 1.25. The summed E-state index contributed by atoms with van der Waals surface area (Å²) in [6, 6.07) is 1.54. The number of hydrogen-bond donors (Lipinski definition) is 2. The number of aryl methyl sites for hydroxylation is 2. The first-order valence-corrected chi connectivity index (χ1v) is 8.53. The van der Waals surface area contributed by atoms with Crippen LogP contribution >= 0.6 is 11.3 Å². The van der Waals surface area contributed by atoms with Gasteiger partial charge in [-0.2, -0.15) is 0 Å². The molecule has 2 aromatic heterocycles. The molecule has 0 atom stereocenters. The lowest BCUT2D eigenvalue weighted by atomic mass is 10.4. The predicted molar refractivity (Wildman–Crippen MR) is 78.5 cm³/mol. The summed E-state index contributed by atoms with van der Waals surface area (Å²) in [7, 11) is -3.66. The number of aromatic nitrogens is 1. The fourth-order valence-electron chi connectivity index (χ4n) is 1.70. The molecule has 0 aliphatic carbocycles. The van der Waals surface area contributed by atoms with Crippen molar-refractivity contribution in [3.63, 3.8) is 0 Å². The van der Waals surface area contributed by atoms with Gasteiger partial charge in [-0.25, -0.2) is 13.4 Å². The fraction of sp³-hybridized carbons (Fsp3) is 0.417. The third-order valence-electron chi connectivity index (χ3n) is 2.60. The van der Waals surface area contributed by atoms with Gasteiger partial charge in [-0.15, -0.1) is 11.3 Å². The van der Waals surface area contributed by atoms with E-state index in [2.05, 4.69) is 15.0 Å². The minimum atomic E-state index is -3.66. The molecule has 2 heterocycles. The SMILES string of the molecule is CCNCc1cc(S(=O)(=O)Nc2nc(C)cs2)c(C)o1. The lowest BCUT2D eigenvalue weighted by Crippen LogP contribution is -2.13. The summed E-state index contributed by atoms with van der Waals surface area (Å²) in [6.07, 6.45) is 0. The molecule has 0 aromatic carbocycles. The molecule has 20 heavy (non-hydrogen) atoms. The highest BCUT2D eigenvalue weighted by Crippen LogP contribution is 2.24. The van der Waals surface area contributed by atoms with Crippen molar-refractivity contribution in [2.45, 2.75) is 32.2 Å². The topological polar surface area (TPSA) is 84.2 Å². The van der Waals surface area contributed by atoms with Gasteiger partial charge in [-0.05, 0) is 20.4 Å². The van der Waals surface area contributed by atoms with Crippen molar-refractivity contribution in [1.29, 1.82) is 0 Å². The van der Waals surface area contributed by atoms with E-state index in [9.17, 15) is 8.42 Å². The molecule has 6 nitrogen and oxygen atoms in total. The van der Waals surface area contributed by atoms with Crippen LogP contribution in [0.4, 0.5) is 5.13 Å². The van der Waals surface area contributed by atoms with E-state index in [1.165, 1.54) is 11.3 Å². The third-order valence-corrected chi connectivity index (χ3v) is 5.05. The minimum Gasteiger partial charge on any atom is -0.464 e. The summed E-state index contributed by atoms with van der Waals surface area (Å²) in [6.45, 7) is 6.71. The number of anilines is 1. The van der Waals surface area contributed by atoms with E-state index < -0.39 is 10.0 Å². The van der Waals surface area contributed by atoms with E-state index in [1.54, 1.807) is 18.4 Å². The molecular weight excluding hydrogens is 298 g/mol. The van der Waals surface area contributed by atoms with Crippen molar-refractivity contribution in [1.82, 2.24) is 10.3 Å². The molecule has 0 amide bonds. The highest BCUT2D eigenvalue weighted by atomic mass is 32.2. The first-order chi connectivity index (χ1) is 9.42. The third kappa shape index (κ3) is 3.38. The van der Waals surface area contributed by atoms with E-state index in [4.69, 9.17) is 4.42 Å². The first-order valence-electron chi connectivity index (χ1n) is 6.17. The number of thiazole rings is 1. The van der Waals surface area contributed by atoms with Crippen molar-refractivity contribution in [3.05, 3.63) is 28.7 Å². The van der Waals surface area contributed by atoms with Gasteiger partial charge in [0.1, 0.15) is 16.4 Å². The molecule has 0 radical (unpaired) electrons. The second-order valence-electron chi connectivity index (χ2n) is 4.31. The van der Waals surface area contributed by atoms with Crippen LogP contribution in [0.3, 0.4) is 0 Å². The Labute approximate surface area is 122 Å². The lowest BCUT2D eigenvalue weighted by molar-refractivity contribution is 0.460. The molecular formula is C12H17N3O3S2. The number of rotatable bonds is 6. The molecule has 0 bridgehead atoms. The average molecular weight is 315 g/mol. The Morgan fingerprint density at radius 1 is 1.40 bits per heavy atom. The van der Waals surface area contributed by atoms with Crippen LogP contribution < -0.4 is 10.0 Å². The molecule has 2 N–H and O–H groups in total. The zero-order valence-corrected chi connectivity index (χ0v) is 13.2. The summed E-state index contributed by atoms with van der Waals surface area (Å²) in [5, 5.41) is 5.24. The fourth-order valence-corrected chi connectivity index (χ4v) is 3.84. The molecule has 2 rings (SSSR count). The summed E-state index contributed by atoms with van der Waals surface area (Å²) in [5.74, 6) is 0.971. The van der Waals surface area contributed by atoms with Gasteiger partial charge >= 0.3 is 0 Å². The van der Waals surface area contributed by atoms with E-state index in [0.29, 0.717) is 23.2 Å². The van der Waals surface area contributed by atoms with E-state index in [-0.39, 0.29) is 4.90 Å². The Kier molecular flexibility index (Phi) is 4.46. The van der Waals surface area contributed by atoms with Crippen LogP contribution in [0.25, 0.3) is 0 Å². The molecule has 0 unspecified atom stereocenters. The molecule has 2 aromatic rings. The number of hydrogen-bond acceptors (Lipinski definition) is 6. The largest absolute Gasteiger partial charge is 0.464 e. The van der Waals surface area contributed by atoms with Crippen molar-refractivity contribution in [3.8, 4) is 0 Å². The maximum Gasteiger partial charge on any atom is 0.267 e. The van der Waals surface area contributed by atoms with Crippen LogP contribution in [0, 0.1) is 13.8 Å². The van der Waals surface area contributed by atoms with Crippen molar-refractivity contribution in [2.75, 3.05) is 11.3 Å². The Balaban J connectivity index is 2.22. The highest BCUT2D eigenvalue weighted by Gasteiger charge is 2.22. The zero-order chi connectivity index (χ0) is 14.8. The van der Waals surface area contributed by atoms with E-state index >= 15 is 0 Å². The van der Waals surface area contributed by atoms with Gasteiger partial charge in [-0.3, -0.25) is 4.72 Å². The van der Waals surface area contributed by atoms with E-state index in [0.717, 1.165) is 12.2 Å². The maximum atomic E-state index is 12.3. The minimum absolute atomic E-state index is 0.151. The molecule has 110 valence electrons. The van der Waals surface area contributed by atoms with Gasteiger partial charge in [-0.1, -0.05) is 6.92 Å². The average Bonchev–Trinajstić information content (AvgIpc) is 2.93. The van der Waals surface area contributed by atoms with Gasteiger partial charge in [0.05, 0.1) is 12.2 Å². The normalized spacial score (nSPS) is 11.8. The van der Waals surface area contributed by atoms with Crippen LogP contribution in [0.15, 0.2) is 20.8 Å². The Bertz CT molecular complexity index is 689. The highest BCUT2D eigenvalue weighted by molar-refractivity contribution is 7.93. The Morgan fingerprint density at radius 2 is 2.15 bits per heavy atom. The van der Waals surface area contributed by atoms with Gasteiger partial charge in [0.15, 0.2) is 5.13 Å². The van der Waals surface area contributed by atoms with Crippen molar-refractivity contribution >= 4 is 26.5 Å². The van der Waals surface area contributed by atoms with Crippen molar-refractivity contribution in [2.24, 2.45) is 0 Å².